The summed E-state index contributed by atoms with van der Waals surface area (Å²) < 4.78 is 6.39. The fourth-order valence-electron chi connectivity index (χ4n) is 0.900. The second-order valence-corrected chi connectivity index (χ2v) is 3.75. The summed E-state index contributed by atoms with van der Waals surface area (Å²) in [4.78, 5) is 0. The Bertz CT molecular complexity index is 261. The van der Waals surface area contributed by atoms with Gasteiger partial charge in [0.05, 0.1) is 11.1 Å². The molecule has 0 heterocycles. The maximum absolute atomic E-state index is 5.37. The van der Waals surface area contributed by atoms with Crippen LogP contribution in [0.25, 0.3) is 0 Å². The first kappa shape index (κ1) is 10.1. The molecule has 12 heavy (non-hydrogen) atoms. The van der Waals surface area contributed by atoms with Gasteiger partial charge in [-0.25, -0.2) is 0 Å². The lowest BCUT2D eigenvalue weighted by atomic mass is 10.2. The van der Waals surface area contributed by atoms with Crippen molar-refractivity contribution in [3.8, 4) is 5.75 Å². The van der Waals surface area contributed by atoms with E-state index in [2.05, 4.69) is 37.9 Å². The summed E-state index contributed by atoms with van der Waals surface area (Å²) >= 11 is 6.84. The fraction of sp³-hybridized carbons (Fsp3) is 0.333. The van der Waals surface area contributed by atoms with Gasteiger partial charge in [-0.05, 0) is 40.5 Å². The Hall–Kier alpha value is -0.0200. The molecule has 0 unspecified atom stereocenters. The van der Waals surface area contributed by atoms with Crippen molar-refractivity contribution in [2.75, 3.05) is 6.61 Å². The Morgan fingerprint density at radius 1 is 1.42 bits per heavy atom. The molecule has 0 aliphatic heterocycles. The van der Waals surface area contributed by atoms with Crippen LogP contribution >= 0.6 is 31.9 Å². The van der Waals surface area contributed by atoms with Crippen LogP contribution in [-0.4, -0.2) is 6.61 Å². The number of rotatable bonds is 3. The van der Waals surface area contributed by atoms with Crippen LogP contribution in [0.4, 0.5) is 0 Å². The van der Waals surface area contributed by atoms with Crippen molar-refractivity contribution >= 4 is 31.9 Å². The van der Waals surface area contributed by atoms with Gasteiger partial charge in [0.15, 0.2) is 0 Å². The first-order valence-electron chi connectivity index (χ1n) is 3.75. The van der Waals surface area contributed by atoms with E-state index in [-0.39, 0.29) is 0 Å². The van der Waals surface area contributed by atoms with Gasteiger partial charge in [0, 0.05) is 5.33 Å². The smallest absolute Gasteiger partial charge is 0.133 e. The molecule has 1 aromatic carbocycles. The lowest BCUT2D eigenvalue weighted by Gasteiger charge is -2.06. The second kappa shape index (κ2) is 4.87. The highest BCUT2D eigenvalue weighted by atomic mass is 79.9. The monoisotopic (exact) mass is 292 g/mol. The van der Waals surface area contributed by atoms with E-state index in [1.807, 2.05) is 19.1 Å². The number of ether oxygens (including phenoxy) is 1. The predicted molar refractivity (Wildman–Crippen MR) is 57.9 cm³/mol. The molecule has 0 atom stereocenters. The maximum atomic E-state index is 5.37. The van der Waals surface area contributed by atoms with Crippen LogP contribution in [0.3, 0.4) is 0 Å². The summed E-state index contributed by atoms with van der Waals surface area (Å²) in [5, 5.41) is 0.873. The molecule has 0 N–H and O–H groups in total. The molecule has 3 heteroatoms. The summed E-state index contributed by atoms with van der Waals surface area (Å²) in [5.41, 5.74) is 1.24. The van der Waals surface area contributed by atoms with E-state index in [1.54, 1.807) is 0 Å². The van der Waals surface area contributed by atoms with Crippen LogP contribution in [0.1, 0.15) is 12.5 Å². The highest BCUT2D eigenvalue weighted by molar-refractivity contribution is 9.10. The van der Waals surface area contributed by atoms with E-state index >= 15 is 0 Å². The summed E-state index contributed by atoms with van der Waals surface area (Å²) in [5.74, 6) is 0.905. The van der Waals surface area contributed by atoms with Crippen molar-refractivity contribution in [3.63, 3.8) is 0 Å². The van der Waals surface area contributed by atoms with E-state index in [4.69, 9.17) is 4.74 Å². The third-order valence-corrected chi connectivity index (χ3v) is 2.72. The van der Waals surface area contributed by atoms with Crippen molar-refractivity contribution in [1.82, 2.24) is 0 Å². The van der Waals surface area contributed by atoms with Crippen molar-refractivity contribution in [1.29, 1.82) is 0 Å². The molecule has 0 radical (unpaired) electrons. The maximum Gasteiger partial charge on any atom is 0.133 e. The minimum atomic E-state index is 0.701. The molecule has 0 aliphatic carbocycles. The third kappa shape index (κ3) is 2.49. The number of halogens is 2. The van der Waals surface area contributed by atoms with Crippen LogP contribution in [0.15, 0.2) is 22.7 Å². The van der Waals surface area contributed by atoms with Crippen molar-refractivity contribution in [2.45, 2.75) is 12.3 Å². The molecular weight excluding hydrogens is 284 g/mol. The Balaban J connectivity index is 2.87. The van der Waals surface area contributed by atoms with Gasteiger partial charge in [-0.2, -0.15) is 0 Å². The van der Waals surface area contributed by atoms with Crippen molar-refractivity contribution in [2.24, 2.45) is 0 Å². The molecule has 1 rings (SSSR count). The van der Waals surface area contributed by atoms with Crippen LogP contribution in [0.2, 0.25) is 0 Å². The van der Waals surface area contributed by atoms with Crippen LogP contribution in [-0.2, 0) is 5.33 Å². The van der Waals surface area contributed by atoms with Crippen LogP contribution < -0.4 is 4.74 Å². The van der Waals surface area contributed by atoms with Gasteiger partial charge in [0.1, 0.15) is 5.75 Å². The Morgan fingerprint density at radius 3 is 2.67 bits per heavy atom. The minimum absolute atomic E-state index is 0.701. The molecule has 1 nitrogen and oxygen atoms in total. The molecular formula is C9H10Br2O. The molecule has 0 fully saturated rings. The Morgan fingerprint density at radius 2 is 2.17 bits per heavy atom. The molecule has 1 aromatic rings. The van der Waals surface area contributed by atoms with Crippen LogP contribution in [0, 0.1) is 0 Å². The van der Waals surface area contributed by atoms with E-state index in [0.717, 1.165) is 15.6 Å². The molecule has 66 valence electrons. The average Bonchev–Trinajstić information content (AvgIpc) is 2.09. The van der Waals surface area contributed by atoms with Crippen molar-refractivity contribution in [3.05, 3.63) is 28.2 Å². The normalized spacial score (nSPS) is 9.92. The van der Waals surface area contributed by atoms with E-state index < -0.39 is 0 Å². The lowest BCUT2D eigenvalue weighted by molar-refractivity contribution is 0.338. The van der Waals surface area contributed by atoms with Gasteiger partial charge >= 0.3 is 0 Å². The minimum Gasteiger partial charge on any atom is -0.493 e. The topological polar surface area (TPSA) is 9.23 Å². The molecule has 0 saturated heterocycles. The van der Waals surface area contributed by atoms with Crippen LogP contribution in [0.5, 0.6) is 5.75 Å². The average molecular weight is 294 g/mol. The Labute approximate surface area is 89.4 Å². The van der Waals surface area contributed by atoms with Gasteiger partial charge < -0.3 is 4.74 Å². The van der Waals surface area contributed by atoms with Gasteiger partial charge in [0.2, 0.25) is 0 Å². The van der Waals surface area contributed by atoms with Gasteiger partial charge in [-0.1, -0.05) is 22.0 Å². The molecule has 0 spiro atoms. The zero-order chi connectivity index (χ0) is 8.97. The Kier molecular flexibility index (Phi) is 4.09. The summed E-state index contributed by atoms with van der Waals surface area (Å²) in [7, 11) is 0. The fourth-order valence-corrected chi connectivity index (χ4v) is 1.79. The molecule has 0 aromatic heterocycles. The molecule has 0 aliphatic rings. The van der Waals surface area contributed by atoms with E-state index in [9.17, 15) is 0 Å². The van der Waals surface area contributed by atoms with E-state index in [0.29, 0.717) is 6.61 Å². The highest BCUT2D eigenvalue weighted by Gasteiger charge is 2.00. The standard InChI is InChI=1S/C9H10Br2O/c1-2-12-9-4-3-7(6-10)5-8(9)11/h3-5H,2,6H2,1H3. The van der Waals surface area contributed by atoms with Gasteiger partial charge in [-0.3, -0.25) is 0 Å². The number of alkyl halides is 1. The van der Waals surface area contributed by atoms with Gasteiger partial charge in [0.25, 0.3) is 0 Å². The molecule has 0 saturated carbocycles. The molecule has 0 amide bonds. The third-order valence-electron chi connectivity index (χ3n) is 1.45. The SMILES string of the molecule is CCOc1ccc(CBr)cc1Br. The van der Waals surface area contributed by atoms with E-state index in [1.165, 1.54) is 5.56 Å². The van der Waals surface area contributed by atoms with Crippen molar-refractivity contribution < 1.29 is 4.74 Å². The highest BCUT2D eigenvalue weighted by Crippen LogP contribution is 2.26. The number of hydrogen-bond acceptors (Lipinski definition) is 1. The molecule has 0 bridgehead atoms. The number of hydrogen-bond donors (Lipinski definition) is 0. The summed E-state index contributed by atoms with van der Waals surface area (Å²) in [6, 6.07) is 6.08. The quantitative estimate of drug-likeness (QED) is 0.772. The predicted octanol–water partition coefficient (Wildman–Crippen LogP) is 3.74. The summed E-state index contributed by atoms with van der Waals surface area (Å²) in [6.07, 6.45) is 0. The lowest BCUT2D eigenvalue weighted by Crippen LogP contribution is -1.92. The van der Waals surface area contributed by atoms with Gasteiger partial charge in [-0.15, -0.1) is 0 Å². The summed E-state index contributed by atoms with van der Waals surface area (Å²) in [6.45, 7) is 2.68. The largest absolute Gasteiger partial charge is 0.493 e. The first-order valence-corrected chi connectivity index (χ1v) is 5.66. The first-order chi connectivity index (χ1) is 5.77. The number of benzene rings is 1. The second-order valence-electron chi connectivity index (χ2n) is 2.33. The zero-order valence-electron chi connectivity index (χ0n) is 6.81. The zero-order valence-corrected chi connectivity index (χ0v) is 9.98.